The van der Waals surface area contributed by atoms with Crippen molar-refractivity contribution in [1.82, 2.24) is 10.2 Å². The van der Waals surface area contributed by atoms with Gasteiger partial charge in [0.15, 0.2) is 11.7 Å². The third-order valence-corrected chi connectivity index (χ3v) is 4.03. The fraction of sp³-hybridized carbons (Fsp3) is 0.278. The predicted octanol–water partition coefficient (Wildman–Crippen LogP) is 2.04. The summed E-state index contributed by atoms with van der Waals surface area (Å²) in [6.07, 6.45) is 2.22. The minimum absolute atomic E-state index is 0.0118. The minimum Gasteiger partial charge on any atom is -0.355 e. The van der Waals surface area contributed by atoms with Crippen LogP contribution in [0.25, 0.3) is 0 Å². The van der Waals surface area contributed by atoms with Crippen LogP contribution in [0.4, 0.5) is 11.5 Å². The summed E-state index contributed by atoms with van der Waals surface area (Å²) in [6.45, 7) is 1.84. The van der Waals surface area contributed by atoms with Crippen molar-refractivity contribution in [3.05, 3.63) is 48.2 Å². The lowest BCUT2D eigenvalue weighted by molar-refractivity contribution is -0.117. The predicted molar refractivity (Wildman–Crippen MR) is 92.0 cm³/mol. The number of aromatic nitrogens is 2. The van der Waals surface area contributed by atoms with Crippen molar-refractivity contribution >= 4 is 23.2 Å². The molecule has 1 aliphatic heterocycles. The lowest BCUT2D eigenvalue weighted by atomic mass is 10.0. The van der Waals surface area contributed by atoms with E-state index in [0.29, 0.717) is 11.5 Å². The van der Waals surface area contributed by atoms with Crippen molar-refractivity contribution < 1.29 is 9.59 Å². The Morgan fingerprint density at radius 1 is 1.08 bits per heavy atom. The van der Waals surface area contributed by atoms with Crippen LogP contribution in [0.3, 0.4) is 0 Å². The summed E-state index contributed by atoms with van der Waals surface area (Å²) in [5, 5.41) is 19.8. The zero-order valence-corrected chi connectivity index (χ0v) is 13.6. The van der Waals surface area contributed by atoms with Gasteiger partial charge in [-0.1, -0.05) is 18.2 Å². The third kappa shape index (κ3) is 3.80. The lowest BCUT2D eigenvalue weighted by Gasteiger charge is -2.15. The van der Waals surface area contributed by atoms with Crippen molar-refractivity contribution in [2.75, 3.05) is 23.3 Å². The van der Waals surface area contributed by atoms with Gasteiger partial charge in [-0.3, -0.25) is 9.59 Å². The number of anilines is 2. The normalized spacial score (nSPS) is 14.6. The molecule has 1 atom stereocenters. The number of nitriles is 1. The van der Waals surface area contributed by atoms with Crippen LogP contribution < -0.4 is 10.2 Å². The second-order valence-electron chi connectivity index (χ2n) is 5.75. The summed E-state index contributed by atoms with van der Waals surface area (Å²) < 4.78 is 0. The molecule has 126 valence electrons. The smallest absolute Gasteiger partial charge is 0.249 e. The number of carbonyl (C=O) groups is 2. The highest BCUT2D eigenvalue weighted by molar-refractivity contribution is 6.14. The van der Waals surface area contributed by atoms with Gasteiger partial charge in [0, 0.05) is 18.8 Å². The molecule has 25 heavy (non-hydrogen) atoms. The lowest BCUT2D eigenvalue weighted by Crippen LogP contribution is -2.29. The molecule has 1 aromatic carbocycles. The van der Waals surface area contributed by atoms with Gasteiger partial charge in [-0.05, 0) is 37.1 Å². The van der Waals surface area contributed by atoms with Gasteiger partial charge in [0.05, 0.1) is 6.07 Å². The van der Waals surface area contributed by atoms with Crippen LogP contribution in [0.1, 0.15) is 23.3 Å². The summed E-state index contributed by atoms with van der Waals surface area (Å²) in [7, 11) is 0. The molecule has 3 rings (SSSR count). The van der Waals surface area contributed by atoms with Gasteiger partial charge >= 0.3 is 0 Å². The molecule has 7 nitrogen and oxygen atoms in total. The molecule has 0 unspecified atom stereocenters. The molecule has 1 fully saturated rings. The van der Waals surface area contributed by atoms with Crippen LogP contribution >= 0.6 is 0 Å². The highest BCUT2D eigenvalue weighted by Crippen LogP contribution is 2.18. The van der Waals surface area contributed by atoms with Gasteiger partial charge in [0.2, 0.25) is 11.7 Å². The number of nitrogens with zero attached hydrogens (tertiary/aromatic N) is 4. The maximum Gasteiger partial charge on any atom is 0.249 e. The molecule has 0 saturated carbocycles. The quantitative estimate of drug-likeness (QED) is 0.663. The third-order valence-electron chi connectivity index (χ3n) is 4.03. The van der Waals surface area contributed by atoms with E-state index in [1.54, 1.807) is 42.5 Å². The average molecular weight is 335 g/mol. The largest absolute Gasteiger partial charge is 0.355 e. The van der Waals surface area contributed by atoms with Crippen molar-refractivity contribution in [3.63, 3.8) is 0 Å². The second-order valence-corrected chi connectivity index (χ2v) is 5.75. The number of para-hydroxylation sites is 1. The fourth-order valence-corrected chi connectivity index (χ4v) is 2.69. The summed E-state index contributed by atoms with van der Waals surface area (Å²) >= 11 is 0. The number of hydrogen-bond acceptors (Lipinski definition) is 6. The van der Waals surface area contributed by atoms with Gasteiger partial charge in [-0.25, -0.2) is 0 Å². The van der Waals surface area contributed by atoms with E-state index in [2.05, 4.69) is 20.4 Å². The highest BCUT2D eigenvalue weighted by atomic mass is 16.2. The fourth-order valence-electron chi connectivity index (χ4n) is 2.69. The molecular weight excluding hydrogens is 318 g/mol. The molecule has 0 spiro atoms. The van der Waals surface area contributed by atoms with E-state index in [1.165, 1.54) is 6.07 Å². The van der Waals surface area contributed by atoms with Gasteiger partial charge < -0.3 is 10.2 Å². The maximum absolute atomic E-state index is 12.4. The van der Waals surface area contributed by atoms with Crippen molar-refractivity contribution in [2.24, 2.45) is 5.92 Å². The number of carbonyl (C=O) groups excluding carboxylic acids is 2. The molecular formula is C18H17N5O2. The monoisotopic (exact) mass is 335 g/mol. The van der Waals surface area contributed by atoms with Crippen LogP contribution in [0, 0.1) is 17.2 Å². The number of benzene rings is 1. The van der Waals surface area contributed by atoms with E-state index in [0.717, 1.165) is 25.9 Å². The van der Waals surface area contributed by atoms with Crippen LogP contribution in [-0.2, 0) is 4.79 Å². The van der Waals surface area contributed by atoms with Crippen molar-refractivity contribution in [3.8, 4) is 6.07 Å². The van der Waals surface area contributed by atoms with Crippen molar-refractivity contribution in [1.29, 1.82) is 5.26 Å². The van der Waals surface area contributed by atoms with E-state index >= 15 is 0 Å². The average Bonchev–Trinajstić information content (AvgIpc) is 3.18. The number of hydrogen-bond donors (Lipinski definition) is 1. The first-order chi connectivity index (χ1) is 12.2. The Kier molecular flexibility index (Phi) is 5.00. The highest BCUT2D eigenvalue weighted by Gasteiger charge is 2.29. The molecule has 1 saturated heterocycles. The number of Topliss-reactive ketones (excluding diaryl/α,β-unsaturated/α-hetero) is 1. The van der Waals surface area contributed by atoms with Crippen LogP contribution in [0.2, 0.25) is 0 Å². The molecule has 2 heterocycles. The molecule has 1 amide bonds. The molecule has 0 bridgehead atoms. The Hall–Kier alpha value is -3.27. The van der Waals surface area contributed by atoms with E-state index in [-0.39, 0.29) is 5.69 Å². The zero-order chi connectivity index (χ0) is 17.6. The Morgan fingerprint density at radius 3 is 2.40 bits per heavy atom. The number of rotatable bonds is 5. The van der Waals surface area contributed by atoms with Crippen LogP contribution in [-0.4, -0.2) is 35.0 Å². The SMILES string of the molecule is N#C[C@@H](C(=O)Nc1ccccc1)C(=O)c1ccc(N2CCCC2)nn1. The van der Waals surface area contributed by atoms with E-state index < -0.39 is 17.6 Å². The van der Waals surface area contributed by atoms with Crippen LogP contribution in [0.5, 0.6) is 0 Å². The summed E-state index contributed by atoms with van der Waals surface area (Å²) in [5.41, 5.74) is 0.536. The molecule has 7 heteroatoms. The molecule has 1 aromatic heterocycles. The van der Waals surface area contributed by atoms with Gasteiger partial charge in [-0.2, -0.15) is 5.26 Å². The molecule has 2 aromatic rings. The van der Waals surface area contributed by atoms with E-state index in [1.807, 2.05) is 0 Å². The van der Waals surface area contributed by atoms with E-state index in [4.69, 9.17) is 0 Å². The van der Waals surface area contributed by atoms with Gasteiger partial charge in [0.1, 0.15) is 5.69 Å². The topological polar surface area (TPSA) is 99.0 Å². The maximum atomic E-state index is 12.4. The zero-order valence-electron chi connectivity index (χ0n) is 13.6. The van der Waals surface area contributed by atoms with Crippen LogP contribution in [0.15, 0.2) is 42.5 Å². The second kappa shape index (κ2) is 7.53. The number of nitrogens with one attached hydrogen (secondary N) is 1. The van der Waals surface area contributed by atoms with Gasteiger partial charge in [0.25, 0.3) is 0 Å². The Bertz CT molecular complexity index is 792. The molecule has 1 N–H and O–H groups in total. The first-order valence-electron chi connectivity index (χ1n) is 8.07. The Balaban J connectivity index is 1.71. The molecule has 1 aliphatic rings. The Morgan fingerprint density at radius 2 is 1.80 bits per heavy atom. The molecule has 0 radical (unpaired) electrons. The number of ketones is 1. The molecule has 0 aliphatic carbocycles. The van der Waals surface area contributed by atoms with Crippen molar-refractivity contribution in [2.45, 2.75) is 12.8 Å². The minimum atomic E-state index is -1.47. The summed E-state index contributed by atoms with van der Waals surface area (Å²) in [6, 6.07) is 13.6. The Labute approximate surface area is 145 Å². The summed E-state index contributed by atoms with van der Waals surface area (Å²) in [4.78, 5) is 26.8. The standard InChI is InChI=1S/C18H17N5O2/c19-12-14(18(25)20-13-6-2-1-3-7-13)17(24)15-8-9-16(22-21-15)23-10-4-5-11-23/h1-3,6-9,14H,4-5,10-11H2,(H,20,25)/t14-/m1/s1. The summed E-state index contributed by atoms with van der Waals surface area (Å²) in [5.74, 6) is -2.09. The van der Waals surface area contributed by atoms with E-state index in [9.17, 15) is 14.9 Å². The first-order valence-corrected chi connectivity index (χ1v) is 8.07. The number of amides is 1. The van der Waals surface area contributed by atoms with Gasteiger partial charge in [-0.15, -0.1) is 10.2 Å². The first kappa shape index (κ1) is 16.6.